The maximum Gasteiger partial charge on any atom is 0.0466 e. The largest absolute Gasteiger partial charge is 0.303 e. The smallest absolute Gasteiger partial charge is 0.0466 e. The third kappa shape index (κ3) is 5.11. The second-order valence-electron chi connectivity index (χ2n) is 5.78. The zero-order valence-corrected chi connectivity index (χ0v) is 14.6. The van der Waals surface area contributed by atoms with Gasteiger partial charge in [-0.05, 0) is 41.2 Å². The van der Waals surface area contributed by atoms with Crippen LogP contribution in [-0.2, 0) is 13.0 Å². The summed E-state index contributed by atoms with van der Waals surface area (Å²) >= 11 is 6.13. The van der Waals surface area contributed by atoms with Crippen LogP contribution in [0.5, 0.6) is 0 Å². The second kappa shape index (κ2) is 7.94. The van der Waals surface area contributed by atoms with E-state index in [0.29, 0.717) is 5.92 Å². The molecule has 0 aliphatic carbocycles. The van der Waals surface area contributed by atoms with Crippen LogP contribution in [0.25, 0.3) is 0 Å². The van der Waals surface area contributed by atoms with Gasteiger partial charge in [0.15, 0.2) is 0 Å². The minimum Gasteiger partial charge on any atom is -0.303 e. The topological polar surface area (TPSA) is 12.0 Å². The molecule has 0 heterocycles. The molecular formula is C18H23ClNP. The van der Waals surface area contributed by atoms with Gasteiger partial charge in [-0.1, -0.05) is 61.8 Å². The van der Waals surface area contributed by atoms with Gasteiger partial charge in [0.1, 0.15) is 0 Å². The van der Waals surface area contributed by atoms with E-state index in [9.17, 15) is 0 Å². The molecule has 3 heteroatoms. The lowest BCUT2D eigenvalue weighted by molar-refractivity contribution is 0.627. The van der Waals surface area contributed by atoms with Crippen molar-refractivity contribution in [3.63, 3.8) is 0 Å². The van der Waals surface area contributed by atoms with Gasteiger partial charge in [0, 0.05) is 17.4 Å². The van der Waals surface area contributed by atoms with E-state index in [1.165, 1.54) is 16.7 Å². The van der Waals surface area contributed by atoms with E-state index in [1.54, 1.807) is 0 Å². The molecule has 0 bridgehead atoms. The average Bonchev–Trinajstić information content (AvgIpc) is 2.46. The lowest BCUT2D eigenvalue weighted by atomic mass is 9.98. The molecule has 0 saturated carbocycles. The highest BCUT2D eigenvalue weighted by atomic mass is 35.5. The summed E-state index contributed by atoms with van der Waals surface area (Å²) in [6.07, 6.45) is 1.06. The monoisotopic (exact) mass is 319 g/mol. The molecule has 0 spiro atoms. The summed E-state index contributed by atoms with van der Waals surface area (Å²) in [7, 11) is 2.87. The Hall–Kier alpha value is -0.880. The Kier molecular flexibility index (Phi) is 6.23. The van der Waals surface area contributed by atoms with E-state index in [0.717, 1.165) is 18.0 Å². The molecule has 0 fully saturated rings. The number of hydrogen-bond acceptors (Lipinski definition) is 1. The van der Waals surface area contributed by atoms with E-state index >= 15 is 0 Å². The molecule has 0 aromatic heterocycles. The molecule has 0 amide bonds. The van der Waals surface area contributed by atoms with Gasteiger partial charge in [-0.15, -0.1) is 9.24 Å². The number of nitrogens with one attached hydrogen (secondary N) is 1. The first-order chi connectivity index (χ1) is 10.1. The Morgan fingerprint density at radius 1 is 1.05 bits per heavy atom. The highest BCUT2D eigenvalue weighted by Gasteiger charge is 2.09. The first kappa shape index (κ1) is 16.5. The van der Waals surface area contributed by atoms with Crippen LogP contribution in [0.3, 0.4) is 0 Å². The van der Waals surface area contributed by atoms with Crippen LogP contribution < -0.4 is 5.32 Å². The lowest BCUT2D eigenvalue weighted by Gasteiger charge is -2.17. The highest BCUT2D eigenvalue weighted by Crippen LogP contribution is 2.23. The van der Waals surface area contributed by atoms with E-state index in [2.05, 4.69) is 64.8 Å². The molecule has 1 nitrogen and oxygen atoms in total. The van der Waals surface area contributed by atoms with Crippen LogP contribution in [0.15, 0.2) is 48.5 Å². The van der Waals surface area contributed by atoms with Gasteiger partial charge in [-0.25, -0.2) is 0 Å². The summed E-state index contributed by atoms with van der Waals surface area (Å²) in [4.78, 5) is 0. The molecule has 1 N–H and O–H groups in total. The fraction of sp³-hybridized carbons (Fsp3) is 0.333. The molecule has 2 unspecified atom stereocenters. The van der Waals surface area contributed by atoms with Crippen LogP contribution in [0.2, 0.25) is 5.02 Å². The Bertz CT molecular complexity index is 569. The van der Waals surface area contributed by atoms with Crippen LogP contribution >= 0.6 is 20.8 Å². The highest BCUT2D eigenvalue weighted by molar-refractivity contribution is 7.17. The molecule has 2 aromatic carbocycles. The minimum atomic E-state index is 0.258. The number of hydrogen-bond donors (Lipinski definition) is 1. The predicted octanol–water partition coefficient (Wildman–Crippen LogP) is 5.20. The van der Waals surface area contributed by atoms with Gasteiger partial charge in [-0.3, -0.25) is 0 Å². The van der Waals surface area contributed by atoms with Gasteiger partial charge in [-0.2, -0.15) is 0 Å². The second-order valence-corrected chi connectivity index (χ2v) is 6.88. The van der Waals surface area contributed by atoms with Crippen molar-refractivity contribution >= 4 is 20.8 Å². The summed E-state index contributed by atoms with van der Waals surface area (Å²) in [5.74, 6) is 0.886. The van der Waals surface area contributed by atoms with Gasteiger partial charge >= 0.3 is 0 Å². The normalized spacial score (nSPS) is 12.6. The Morgan fingerprint density at radius 2 is 1.76 bits per heavy atom. The average molecular weight is 320 g/mol. The standard InChI is InChI=1S/C18H23ClNP/c1-13(2)10-16-11-17(19)9-8-15(16)12-20-18(21)14-6-4-3-5-7-14/h3-9,11,13,18,20H,10,12,21H2,1-2H3. The zero-order valence-electron chi connectivity index (χ0n) is 12.6. The minimum absolute atomic E-state index is 0.258. The maximum absolute atomic E-state index is 6.13. The van der Waals surface area contributed by atoms with Crippen LogP contribution in [0.1, 0.15) is 36.3 Å². The van der Waals surface area contributed by atoms with E-state index in [1.807, 2.05) is 12.1 Å². The summed E-state index contributed by atoms with van der Waals surface area (Å²) in [5, 5.41) is 4.39. The molecule has 21 heavy (non-hydrogen) atoms. The Morgan fingerprint density at radius 3 is 2.43 bits per heavy atom. The Balaban J connectivity index is 2.06. The van der Waals surface area contributed by atoms with Crippen molar-refractivity contribution in [2.45, 2.75) is 32.6 Å². The quantitative estimate of drug-likeness (QED) is 0.721. The number of rotatable bonds is 6. The zero-order chi connectivity index (χ0) is 15.2. The third-order valence-electron chi connectivity index (χ3n) is 3.47. The fourth-order valence-corrected chi connectivity index (χ4v) is 2.93. The summed E-state index contributed by atoms with van der Waals surface area (Å²) < 4.78 is 0. The van der Waals surface area contributed by atoms with Gasteiger partial charge in [0.05, 0.1) is 0 Å². The Labute approximate surface area is 135 Å². The summed E-state index contributed by atoms with van der Waals surface area (Å²) in [6.45, 7) is 5.32. The van der Waals surface area contributed by atoms with Crippen LogP contribution in [0, 0.1) is 5.92 Å². The van der Waals surface area contributed by atoms with Gasteiger partial charge < -0.3 is 5.32 Å². The molecule has 2 atom stereocenters. The first-order valence-electron chi connectivity index (χ1n) is 7.37. The van der Waals surface area contributed by atoms with Crippen molar-refractivity contribution in [2.75, 3.05) is 0 Å². The van der Waals surface area contributed by atoms with Crippen molar-refractivity contribution < 1.29 is 0 Å². The fourth-order valence-electron chi connectivity index (χ4n) is 2.39. The molecule has 2 rings (SSSR count). The predicted molar refractivity (Wildman–Crippen MR) is 95.7 cm³/mol. The van der Waals surface area contributed by atoms with E-state index in [4.69, 9.17) is 11.6 Å². The van der Waals surface area contributed by atoms with Crippen molar-refractivity contribution in [1.29, 1.82) is 0 Å². The van der Waals surface area contributed by atoms with Crippen molar-refractivity contribution in [3.8, 4) is 0 Å². The molecule has 0 aliphatic rings. The lowest BCUT2D eigenvalue weighted by Crippen LogP contribution is -2.17. The number of benzene rings is 2. The van der Waals surface area contributed by atoms with Crippen molar-refractivity contribution in [3.05, 3.63) is 70.2 Å². The SMILES string of the molecule is CC(C)Cc1cc(Cl)ccc1CNC(P)c1ccccc1. The molecule has 0 aliphatic heterocycles. The maximum atomic E-state index is 6.13. The number of halogens is 1. The van der Waals surface area contributed by atoms with Crippen LogP contribution in [0.4, 0.5) is 0 Å². The van der Waals surface area contributed by atoms with E-state index < -0.39 is 0 Å². The van der Waals surface area contributed by atoms with E-state index in [-0.39, 0.29) is 5.78 Å². The van der Waals surface area contributed by atoms with Gasteiger partial charge in [0.2, 0.25) is 0 Å². The first-order valence-corrected chi connectivity index (χ1v) is 8.42. The van der Waals surface area contributed by atoms with Crippen LogP contribution in [-0.4, -0.2) is 0 Å². The molecule has 0 saturated heterocycles. The summed E-state index contributed by atoms with van der Waals surface area (Å²) in [5.41, 5.74) is 3.95. The third-order valence-corrected chi connectivity index (χ3v) is 4.32. The van der Waals surface area contributed by atoms with Gasteiger partial charge in [0.25, 0.3) is 0 Å². The van der Waals surface area contributed by atoms with Crippen molar-refractivity contribution in [2.24, 2.45) is 5.92 Å². The van der Waals surface area contributed by atoms with Crippen molar-refractivity contribution in [1.82, 2.24) is 5.32 Å². The molecule has 0 radical (unpaired) electrons. The molecular weight excluding hydrogens is 297 g/mol. The molecule has 2 aromatic rings. The molecule has 112 valence electrons. The summed E-state index contributed by atoms with van der Waals surface area (Å²) in [6, 6.07) is 16.7.